The van der Waals surface area contributed by atoms with E-state index in [4.69, 9.17) is 16.3 Å². The van der Waals surface area contributed by atoms with E-state index >= 15 is 0 Å². The van der Waals surface area contributed by atoms with Gasteiger partial charge in [-0.25, -0.2) is 4.98 Å². The molecule has 1 aromatic carbocycles. The molecule has 0 aliphatic carbocycles. The van der Waals surface area contributed by atoms with Crippen LogP contribution in [0.1, 0.15) is 12.6 Å². The Balaban J connectivity index is 1.98. The minimum absolute atomic E-state index is 0.334. The van der Waals surface area contributed by atoms with E-state index in [2.05, 4.69) is 31.2 Å². The molecule has 1 heterocycles. The molecule has 4 nitrogen and oxygen atoms in total. The molecule has 6 heteroatoms. The second-order valence-corrected chi connectivity index (χ2v) is 5.11. The summed E-state index contributed by atoms with van der Waals surface area (Å²) in [7, 11) is 0. The third kappa shape index (κ3) is 4.08. The maximum absolute atomic E-state index is 6.06. The van der Waals surface area contributed by atoms with E-state index in [9.17, 15) is 0 Å². The molecule has 100 valence electrons. The van der Waals surface area contributed by atoms with E-state index < -0.39 is 0 Å². The second kappa shape index (κ2) is 6.73. The van der Waals surface area contributed by atoms with E-state index in [-0.39, 0.29) is 0 Å². The summed E-state index contributed by atoms with van der Waals surface area (Å²) in [5, 5.41) is 3.64. The van der Waals surface area contributed by atoms with Crippen LogP contribution in [0.5, 0.6) is 5.75 Å². The first-order chi connectivity index (χ1) is 9.19. The van der Waals surface area contributed by atoms with Gasteiger partial charge in [0.05, 0.1) is 23.1 Å². The summed E-state index contributed by atoms with van der Waals surface area (Å²) in [6.45, 7) is 3.16. The van der Waals surface area contributed by atoms with Crippen molar-refractivity contribution in [2.45, 2.75) is 13.5 Å². The third-order valence-corrected chi connectivity index (χ3v) is 3.12. The fourth-order valence-electron chi connectivity index (χ4n) is 1.45. The summed E-state index contributed by atoms with van der Waals surface area (Å²) in [5.74, 6) is 1.38. The summed E-state index contributed by atoms with van der Waals surface area (Å²) in [5.41, 5.74) is 0.751. The van der Waals surface area contributed by atoms with Gasteiger partial charge in [0.1, 0.15) is 18.2 Å². The van der Waals surface area contributed by atoms with Crippen LogP contribution in [0.4, 0.5) is 5.82 Å². The summed E-state index contributed by atoms with van der Waals surface area (Å²) >= 11 is 9.41. The van der Waals surface area contributed by atoms with E-state index in [0.717, 1.165) is 22.5 Å². The van der Waals surface area contributed by atoms with E-state index in [1.807, 2.05) is 19.1 Å². The molecule has 0 amide bonds. The number of anilines is 1. The van der Waals surface area contributed by atoms with Crippen molar-refractivity contribution in [1.29, 1.82) is 0 Å². The first-order valence-electron chi connectivity index (χ1n) is 5.81. The van der Waals surface area contributed by atoms with Gasteiger partial charge >= 0.3 is 0 Å². The number of halogens is 2. The van der Waals surface area contributed by atoms with Crippen molar-refractivity contribution < 1.29 is 4.74 Å². The van der Waals surface area contributed by atoms with Gasteiger partial charge in [0.15, 0.2) is 0 Å². The van der Waals surface area contributed by atoms with Crippen molar-refractivity contribution in [3.8, 4) is 5.75 Å². The molecule has 0 saturated heterocycles. The van der Waals surface area contributed by atoms with E-state index in [0.29, 0.717) is 17.4 Å². The van der Waals surface area contributed by atoms with Gasteiger partial charge in [0, 0.05) is 11.0 Å². The Morgan fingerprint density at radius 1 is 1.32 bits per heavy atom. The molecule has 2 rings (SSSR count). The number of aromatic nitrogens is 2. The monoisotopic (exact) mass is 341 g/mol. The number of nitrogens with one attached hydrogen (secondary N) is 1. The van der Waals surface area contributed by atoms with Gasteiger partial charge in [0.25, 0.3) is 0 Å². The van der Waals surface area contributed by atoms with Crippen LogP contribution in [0.25, 0.3) is 0 Å². The largest absolute Gasteiger partial charge is 0.486 e. The number of rotatable bonds is 5. The lowest BCUT2D eigenvalue weighted by Gasteiger charge is -2.08. The highest BCUT2D eigenvalue weighted by Crippen LogP contribution is 2.28. The molecular formula is C13H13BrClN3O. The Morgan fingerprint density at radius 3 is 2.79 bits per heavy atom. The minimum atomic E-state index is 0.334. The lowest BCUT2D eigenvalue weighted by Crippen LogP contribution is -2.03. The molecule has 1 aromatic heterocycles. The molecule has 0 unspecified atom stereocenters. The topological polar surface area (TPSA) is 47.0 Å². The van der Waals surface area contributed by atoms with Crippen molar-refractivity contribution in [3.05, 3.63) is 45.8 Å². The van der Waals surface area contributed by atoms with Crippen molar-refractivity contribution in [1.82, 2.24) is 9.97 Å². The zero-order valence-corrected chi connectivity index (χ0v) is 12.7. The lowest BCUT2D eigenvalue weighted by atomic mass is 10.3. The zero-order chi connectivity index (χ0) is 13.7. The number of hydrogen-bond acceptors (Lipinski definition) is 4. The van der Waals surface area contributed by atoms with Crippen LogP contribution in [-0.2, 0) is 6.61 Å². The molecule has 19 heavy (non-hydrogen) atoms. The SMILES string of the molecule is CCNc1cnc(COc2ccc(Br)cc2Cl)cn1. The average Bonchev–Trinajstić information content (AvgIpc) is 2.40. The second-order valence-electron chi connectivity index (χ2n) is 3.79. The zero-order valence-electron chi connectivity index (χ0n) is 10.4. The molecule has 0 aliphatic heterocycles. The van der Waals surface area contributed by atoms with Crippen molar-refractivity contribution in [2.24, 2.45) is 0 Å². The average molecular weight is 343 g/mol. The standard InChI is InChI=1S/C13H13BrClN3O/c1-2-16-13-7-17-10(6-18-13)8-19-12-4-3-9(14)5-11(12)15/h3-7H,2,8H2,1H3,(H,16,18). The Hall–Kier alpha value is -1.33. The van der Waals surface area contributed by atoms with Crippen molar-refractivity contribution in [2.75, 3.05) is 11.9 Å². The maximum Gasteiger partial charge on any atom is 0.144 e. The van der Waals surface area contributed by atoms with Crippen LogP contribution in [0, 0.1) is 0 Å². The van der Waals surface area contributed by atoms with Crippen LogP contribution >= 0.6 is 27.5 Å². The van der Waals surface area contributed by atoms with E-state index in [1.54, 1.807) is 18.5 Å². The fourth-order valence-corrected chi connectivity index (χ4v) is 2.17. The molecule has 0 radical (unpaired) electrons. The Bertz CT molecular complexity index is 548. The van der Waals surface area contributed by atoms with E-state index in [1.165, 1.54) is 0 Å². The van der Waals surface area contributed by atoms with Gasteiger partial charge in [-0.05, 0) is 25.1 Å². The molecule has 0 bridgehead atoms. The summed E-state index contributed by atoms with van der Waals surface area (Å²) in [4.78, 5) is 8.48. The van der Waals surface area contributed by atoms with Crippen LogP contribution in [0.2, 0.25) is 5.02 Å². The maximum atomic E-state index is 6.06. The molecule has 0 aliphatic rings. The van der Waals surface area contributed by atoms with Gasteiger partial charge in [-0.3, -0.25) is 4.98 Å². The van der Waals surface area contributed by atoms with Crippen LogP contribution in [0.3, 0.4) is 0 Å². The molecule has 0 atom stereocenters. The molecule has 2 aromatic rings. The Labute approximate surface area is 125 Å². The summed E-state index contributed by atoms with van der Waals surface area (Å²) in [6, 6.07) is 5.48. The number of hydrogen-bond donors (Lipinski definition) is 1. The first-order valence-corrected chi connectivity index (χ1v) is 6.98. The summed E-state index contributed by atoms with van der Waals surface area (Å²) in [6.07, 6.45) is 3.37. The predicted molar refractivity (Wildman–Crippen MR) is 79.7 cm³/mol. The van der Waals surface area contributed by atoms with Gasteiger partial charge in [-0.1, -0.05) is 27.5 Å². The third-order valence-electron chi connectivity index (χ3n) is 2.33. The Kier molecular flexibility index (Phi) is 4.99. The van der Waals surface area contributed by atoms with Gasteiger partial charge in [-0.2, -0.15) is 0 Å². The number of benzene rings is 1. The highest BCUT2D eigenvalue weighted by atomic mass is 79.9. The van der Waals surface area contributed by atoms with Gasteiger partial charge < -0.3 is 10.1 Å². The predicted octanol–water partition coefficient (Wildman–Crippen LogP) is 3.90. The quantitative estimate of drug-likeness (QED) is 0.895. The van der Waals surface area contributed by atoms with Crippen LogP contribution in [0.15, 0.2) is 35.1 Å². The highest BCUT2D eigenvalue weighted by molar-refractivity contribution is 9.10. The lowest BCUT2D eigenvalue weighted by molar-refractivity contribution is 0.301. The number of ether oxygens (including phenoxy) is 1. The summed E-state index contributed by atoms with van der Waals surface area (Å²) < 4.78 is 6.52. The first kappa shape index (κ1) is 14.1. The van der Waals surface area contributed by atoms with Gasteiger partial charge in [-0.15, -0.1) is 0 Å². The minimum Gasteiger partial charge on any atom is -0.486 e. The molecule has 0 fully saturated rings. The fraction of sp³-hybridized carbons (Fsp3) is 0.231. The molecule has 1 N–H and O–H groups in total. The van der Waals surface area contributed by atoms with Crippen molar-refractivity contribution >= 4 is 33.3 Å². The Morgan fingerprint density at radius 2 is 2.16 bits per heavy atom. The van der Waals surface area contributed by atoms with Gasteiger partial charge in [0.2, 0.25) is 0 Å². The molecule has 0 saturated carbocycles. The van der Waals surface area contributed by atoms with Crippen LogP contribution < -0.4 is 10.1 Å². The van der Waals surface area contributed by atoms with Crippen LogP contribution in [-0.4, -0.2) is 16.5 Å². The smallest absolute Gasteiger partial charge is 0.144 e. The number of nitrogens with zero attached hydrogens (tertiary/aromatic N) is 2. The molecule has 0 spiro atoms. The highest BCUT2D eigenvalue weighted by Gasteiger charge is 2.03. The van der Waals surface area contributed by atoms with Crippen molar-refractivity contribution in [3.63, 3.8) is 0 Å². The normalized spacial score (nSPS) is 10.3. The molecular weight excluding hydrogens is 330 g/mol.